The van der Waals surface area contributed by atoms with Crippen molar-refractivity contribution in [2.75, 3.05) is 26.8 Å². The highest BCUT2D eigenvalue weighted by Crippen LogP contribution is 2.04. The number of nitrogens with one attached hydrogen (secondary N) is 1. The molecule has 1 aliphatic heterocycles. The van der Waals surface area contributed by atoms with Crippen molar-refractivity contribution in [2.45, 2.75) is 32.6 Å². The fourth-order valence-corrected chi connectivity index (χ4v) is 0.864. The van der Waals surface area contributed by atoms with Crippen LogP contribution in [0.25, 0.3) is 0 Å². The number of hydrogen-bond acceptors (Lipinski definition) is 2. The summed E-state index contributed by atoms with van der Waals surface area (Å²) < 4.78 is 5.19. The molecule has 0 amide bonds. The number of ether oxygens (including phenoxy) is 1. The molecule has 2 heteroatoms. The summed E-state index contributed by atoms with van der Waals surface area (Å²) in [5, 5.41) is 2.93. The maximum Gasteiger partial charge on any atom is 0.0466 e. The van der Waals surface area contributed by atoms with Crippen molar-refractivity contribution in [3.05, 3.63) is 0 Å². The van der Waals surface area contributed by atoms with Crippen LogP contribution in [0.2, 0.25) is 0 Å². The van der Waals surface area contributed by atoms with Gasteiger partial charge >= 0.3 is 0 Å². The van der Waals surface area contributed by atoms with Crippen LogP contribution in [-0.2, 0) is 4.74 Å². The van der Waals surface area contributed by atoms with Gasteiger partial charge in [-0.2, -0.15) is 0 Å². The molecule has 0 aliphatic carbocycles. The van der Waals surface area contributed by atoms with Crippen LogP contribution < -0.4 is 5.32 Å². The first-order chi connectivity index (χ1) is 5.41. The van der Waals surface area contributed by atoms with Gasteiger partial charge in [0, 0.05) is 13.2 Å². The summed E-state index contributed by atoms with van der Waals surface area (Å²) in [7, 11) is 1.93. The zero-order chi connectivity index (χ0) is 8.36. The minimum absolute atomic E-state index is 1.00. The van der Waals surface area contributed by atoms with Crippen molar-refractivity contribution in [3.8, 4) is 0 Å². The minimum atomic E-state index is 1.00. The van der Waals surface area contributed by atoms with Crippen LogP contribution in [0.4, 0.5) is 0 Å². The Kier molecular flexibility index (Phi) is 9.85. The lowest BCUT2D eigenvalue weighted by Crippen LogP contribution is -2.01. The van der Waals surface area contributed by atoms with Crippen LogP contribution in [0.5, 0.6) is 0 Å². The second kappa shape index (κ2) is 9.92. The molecule has 0 radical (unpaired) electrons. The Morgan fingerprint density at radius 3 is 1.91 bits per heavy atom. The first kappa shape index (κ1) is 10.9. The highest BCUT2D eigenvalue weighted by atomic mass is 16.5. The summed E-state index contributed by atoms with van der Waals surface area (Å²) in [4.78, 5) is 0. The van der Waals surface area contributed by atoms with E-state index in [0.717, 1.165) is 19.8 Å². The molecule has 0 aromatic rings. The fourth-order valence-electron chi connectivity index (χ4n) is 0.864. The highest BCUT2D eigenvalue weighted by Gasteiger charge is 1.95. The maximum absolute atomic E-state index is 5.19. The van der Waals surface area contributed by atoms with Crippen LogP contribution in [0, 0.1) is 0 Å². The van der Waals surface area contributed by atoms with E-state index in [9.17, 15) is 0 Å². The summed E-state index contributed by atoms with van der Waals surface area (Å²) in [5.41, 5.74) is 0. The Morgan fingerprint density at radius 2 is 1.55 bits per heavy atom. The molecule has 0 saturated carbocycles. The van der Waals surface area contributed by atoms with E-state index in [1.807, 2.05) is 7.05 Å². The average molecular weight is 159 g/mol. The van der Waals surface area contributed by atoms with E-state index in [0.29, 0.717) is 0 Å². The van der Waals surface area contributed by atoms with E-state index in [-0.39, 0.29) is 0 Å². The zero-order valence-corrected chi connectivity index (χ0v) is 7.86. The van der Waals surface area contributed by atoms with E-state index < -0.39 is 0 Å². The van der Waals surface area contributed by atoms with E-state index in [2.05, 4.69) is 12.2 Å². The first-order valence-electron chi connectivity index (χ1n) is 4.64. The third-order valence-electron chi connectivity index (χ3n) is 1.68. The molecular formula is C9H21NO. The van der Waals surface area contributed by atoms with Crippen molar-refractivity contribution in [3.63, 3.8) is 0 Å². The Balaban J connectivity index is 0.000000218. The van der Waals surface area contributed by atoms with E-state index in [1.54, 1.807) is 0 Å². The van der Waals surface area contributed by atoms with Crippen LogP contribution in [-0.4, -0.2) is 26.8 Å². The summed E-state index contributed by atoms with van der Waals surface area (Å²) >= 11 is 0. The van der Waals surface area contributed by atoms with Gasteiger partial charge in [0.25, 0.3) is 0 Å². The predicted molar refractivity (Wildman–Crippen MR) is 48.9 cm³/mol. The van der Waals surface area contributed by atoms with Crippen LogP contribution in [0.1, 0.15) is 32.6 Å². The first-order valence-corrected chi connectivity index (χ1v) is 4.64. The van der Waals surface area contributed by atoms with Gasteiger partial charge in [0.15, 0.2) is 0 Å². The topological polar surface area (TPSA) is 21.3 Å². The molecule has 1 fully saturated rings. The molecule has 1 aliphatic rings. The Hall–Kier alpha value is -0.0800. The van der Waals surface area contributed by atoms with Crippen molar-refractivity contribution in [1.29, 1.82) is 0 Å². The highest BCUT2D eigenvalue weighted by molar-refractivity contribution is 4.46. The third-order valence-corrected chi connectivity index (χ3v) is 1.68. The van der Waals surface area contributed by atoms with Gasteiger partial charge < -0.3 is 10.1 Å². The second-order valence-corrected chi connectivity index (χ2v) is 2.73. The van der Waals surface area contributed by atoms with Crippen molar-refractivity contribution in [2.24, 2.45) is 0 Å². The van der Waals surface area contributed by atoms with Crippen LogP contribution in [0.15, 0.2) is 0 Å². The molecule has 1 N–H and O–H groups in total. The predicted octanol–water partition coefficient (Wildman–Crippen LogP) is 1.80. The molecule has 1 saturated heterocycles. The molecule has 1 rings (SSSR count). The average Bonchev–Trinajstić information content (AvgIpc) is 2.35. The molecule has 0 atom stereocenters. The van der Waals surface area contributed by atoms with Gasteiger partial charge in [0.1, 0.15) is 0 Å². The van der Waals surface area contributed by atoms with E-state index in [4.69, 9.17) is 4.74 Å². The Bertz CT molecular complexity index is 44.9. The molecule has 2 nitrogen and oxygen atoms in total. The lowest BCUT2D eigenvalue weighted by Gasteiger charge is -1.91. The third kappa shape index (κ3) is 9.92. The lowest BCUT2D eigenvalue weighted by atomic mass is 10.2. The van der Waals surface area contributed by atoms with Gasteiger partial charge in [-0.25, -0.2) is 0 Å². The monoisotopic (exact) mass is 159 g/mol. The van der Waals surface area contributed by atoms with Gasteiger partial charge in [0.05, 0.1) is 0 Å². The number of hydrogen-bond donors (Lipinski definition) is 1. The summed E-state index contributed by atoms with van der Waals surface area (Å²) in [6, 6.07) is 0. The second-order valence-electron chi connectivity index (χ2n) is 2.73. The molecule has 0 aromatic heterocycles. The van der Waals surface area contributed by atoms with Gasteiger partial charge in [-0.05, 0) is 26.4 Å². The van der Waals surface area contributed by atoms with Crippen LogP contribution >= 0.6 is 0 Å². The molecule has 68 valence electrons. The van der Waals surface area contributed by atoms with E-state index >= 15 is 0 Å². The molecule has 11 heavy (non-hydrogen) atoms. The maximum atomic E-state index is 5.19. The van der Waals surface area contributed by atoms with Gasteiger partial charge in [-0.15, -0.1) is 0 Å². The standard InChI is InChI=1S/C6H12O.C3H9N/c1-2-4-6-7-5-3-1;1-3-4-2/h1-6H2;4H,3H2,1-2H3. The van der Waals surface area contributed by atoms with Gasteiger partial charge in [-0.1, -0.05) is 19.8 Å². The van der Waals surface area contributed by atoms with Crippen molar-refractivity contribution in [1.82, 2.24) is 5.32 Å². The minimum Gasteiger partial charge on any atom is -0.381 e. The SMILES string of the molecule is C1CCCOCC1.CCNC. The molecular weight excluding hydrogens is 138 g/mol. The summed E-state index contributed by atoms with van der Waals surface area (Å²) in [6.45, 7) is 5.14. The molecule has 0 spiro atoms. The molecule has 0 unspecified atom stereocenters. The smallest absolute Gasteiger partial charge is 0.0466 e. The fraction of sp³-hybridized carbons (Fsp3) is 1.00. The normalized spacial score (nSPS) is 18.0. The Labute approximate surface area is 70.3 Å². The van der Waals surface area contributed by atoms with Crippen molar-refractivity contribution < 1.29 is 4.74 Å². The molecule has 0 aromatic carbocycles. The quantitative estimate of drug-likeness (QED) is 0.630. The summed E-state index contributed by atoms with van der Waals surface area (Å²) in [6.07, 6.45) is 5.31. The Morgan fingerprint density at radius 1 is 1.09 bits per heavy atom. The molecule has 0 bridgehead atoms. The van der Waals surface area contributed by atoms with E-state index in [1.165, 1.54) is 25.7 Å². The summed E-state index contributed by atoms with van der Waals surface area (Å²) in [5.74, 6) is 0. The number of rotatable bonds is 1. The van der Waals surface area contributed by atoms with Gasteiger partial charge in [-0.3, -0.25) is 0 Å². The largest absolute Gasteiger partial charge is 0.381 e. The van der Waals surface area contributed by atoms with Gasteiger partial charge in [0.2, 0.25) is 0 Å². The lowest BCUT2D eigenvalue weighted by molar-refractivity contribution is 0.144. The molecule has 1 heterocycles. The zero-order valence-electron chi connectivity index (χ0n) is 7.86. The van der Waals surface area contributed by atoms with Crippen LogP contribution in [0.3, 0.4) is 0 Å². The van der Waals surface area contributed by atoms with Crippen molar-refractivity contribution >= 4 is 0 Å².